The van der Waals surface area contributed by atoms with Crippen molar-refractivity contribution in [2.45, 2.75) is 37.3 Å². The molecule has 1 fully saturated rings. The summed E-state index contributed by atoms with van der Waals surface area (Å²) in [7, 11) is -3.58. The van der Waals surface area contributed by atoms with E-state index in [1.807, 2.05) is 49.4 Å². The van der Waals surface area contributed by atoms with Crippen LogP contribution in [0.1, 0.15) is 47.4 Å². The molecule has 4 rings (SSSR count). The van der Waals surface area contributed by atoms with Gasteiger partial charge in [0.2, 0.25) is 10.0 Å². The average molecular weight is 466 g/mol. The predicted octanol–water partition coefficient (Wildman–Crippen LogP) is 3.94. The van der Waals surface area contributed by atoms with Crippen LogP contribution in [0, 0.1) is 0 Å². The molecule has 1 N–H and O–H groups in total. The molecule has 8 heteroatoms. The zero-order chi connectivity index (χ0) is 23.3. The van der Waals surface area contributed by atoms with Gasteiger partial charge in [-0.2, -0.15) is 4.31 Å². The van der Waals surface area contributed by atoms with Crippen LogP contribution in [-0.2, 0) is 16.6 Å². The van der Waals surface area contributed by atoms with Crippen molar-refractivity contribution >= 4 is 15.9 Å². The van der Waals surface area contributed by atoms with Crippen LogP contribution in [0.4, 0.5) is 0 Å². The molecule has 2 heterocycles. The molecule has 3 aromatic rings. The maximum Gasteiger partial charge on any atom is 0.251 e. The van der Waals surface area contributed by atoms with E-state index in [4.69, 9.17) is 4.74 Å². The van der Waals surface area contributed by atoms with E-state index >= 15 is 0 Å². The lowest BCUT2D eigenvalue weighted by atomic mass is 10.1. The highest BCUT2D eigenvalue weighted by molar-refractivity contribution is 7.89. The smallest absolute Gasteiger partial charge is 0.251 e. The molecule has 1 atom stereocenters. The van der Waals surface area contributed by atoms with Gasteiger partial charge < -0.3 is 10.1 Å². The molecule has 1 saturated heterocycles. The van der Waals surface area contributed by atoms with Crippen molar-refractivity contribution in [2.24, 2.45) is 0 Å². The Hall–Kier alpha value is -3.23. The highest BCUT2D eigenvalue weighted by Crippen LogP contribution is 2.23. The van der Waals surface area contributed by atoms with Crippen molar-refractivity contribution in [1.29, 1.82) is 0 Å². The number of amides is 1. The Bertz CT molecular complexity index is 1210. The van der Waals surface area contributed by atoms with Gasteiger partial charge in [-0.05, 0) is 67.8 Å². The lowest BCUT2D eigenvalue weighted by Crippen LogP contribution is -2.29. The first-order chi connectivity index (χ1) is 15.9. The number of rotatable bonds is 8. The summed E-state index contributed by atoms with van der Waals surface area (Å²) in [6, 6.07) is 19.1. The lowest BCUT2D eigenvalue weighted by molar-refractivity contribution is 0.0939. The Balaban J connectivity index is 1.42. The normalized spacial score (nSPS) is 15.2. The van der Waals surface area contributed by atoms with E-state index in [1.165, 1.54) is 16.4 Å². The molecule has 1 unspecified atom stereocenters. The summed E-state index contributed by atoms with van der Waals surface area (Å²) in [6.07, 6.45) is 3.45. The standard InChI is InChI=1S/C25H27N3O4S/c1-19(20-8-6-11-23(16-20)32-18-22-10-2-3-13-26-22)27-25(29)21-9-7-12-24(17-21)33(30,31)28-14-4-5-15-28/h2-3,6-13,16-17,19H,4-5,14-15,18H2,1H3,(H,27,29). The Kier molecular flexibility index (Phi) is 7.05. The maximum atomic E-state index is 12.9. The molecule has 0 saturated carbocycles. The zero-order valence-electron chi connectivity index (χ0n) is 18.5. The summed E-state index contributed by atoms with van der Waals surface area (Å²) in [6.45, 7) is 3.27. The first-order valence-electron chi connectivity index (χ1n) is 11.0. The van der Waals surface area contributed by atoms with Gasteiger partial charge in [0.15, 0.2) is 0 Å². The van der Waals surface area contributed by atoms with E-state index in [-0.39, 0.29) is 16.8 Å². The monoisotopic (exact) mass is 465 g/mol. The quantitative estimate of drug-likeness (QED) is 0.544. The van der Waals surface area contributed by atoms with Crippen LogP contribution in [0.3, 0.4) is 0 Å². The summed E-state index contributed by atoms with van der Waals surface area (Å²) >= 11 is 0. The maximum absolute atomic E-state index is 12.9. The van der Waals surface area contributed by atoms with Crippen LogP contribution in [0.15, 0.2) is 77.8 Å². The highest BCUT2D eigenvalue weighted by atomic mass is 32.2. The molecule has 1 aliphatic heterocycles. The molecule has 0 bridgehead atoms. The van der Waals surface area contributed by atoms with Gasteiger partial charge in [0.1, 0.15) is 12.4 Å². The number of nitrogens with zero attached hydrogens (tertiary/aromatic N) is 2. The number of hydrogen-bond donors (Lipinski definition) is 1. The Morgan fingerprint density at radius 3 is 2.61 bits per heavy atom. The second-order valence-electron chi connectivity index (χ2n) is 8.02. The van der Waals surface area contributed by atoms with E-state index in [0.717, 1.165) is 24.1 Å². The molecule has 33 heavy (non-hydrogen) atoms. The Morgan fingerprint density at radius 1 is 1.06 bits per heavy atom. The Morgan fingerprint density at radius 2 is 1.85 bits per heavy atom. The number of nitrogens with one attached hydrogen (secondary N) is 1. The van der Waals surface area contributed by atoms with Crippen molar-refractivity contribution in [3.05, 3.63) is 89.7 Å². The number of hydrogen-bond acceptors (Lipinski definition) is 5. The largest absolute Gasteiger partial charge is 0.487 e. The molecular weight excluding hydrogens is 438 g/mol. The van der Waals surface area contributed by atoms with Crippen molar-refractivity contribution in [2.75, 3.05) is 13.1 Å². The van der Waals surface area contributed by atoms with E-state index in [0.29, 0.717) is 31.0 Å². The van der Waals surface area contributed by atoms with Gasteiger partial charge in [-0.1, -0.05) is 24.3 Å². The molecule has 1 amide bonds. The van der Waals surface area contributed by atoms with Gasteiger partial charge in [0, 0.05) is 24.8 Å². The SMILES string of the molecule is CC(NC(=O)c1cccc(S(=O)(=O)N2CCCC2)c1)c1cccc(OCc2ccccn2)c1. The molecule has 0 spiro atoms. The van der Waals surface area contributed by atoms with E-state index in [1.54, 1.807) is 18.3 Å². The van der Waals surface area contributed by atoms with Gasteiger partial charge in [-0.15, -0.1) is 0 Å². The molecule has 0 aliphatic carbocycles. The number of sulfonamides is 1. The van der Waals surface area contributed by atoms with Gasteiger partial charge >= 0.3 is 0 Å². The lowest BCUT2D eigenvalue weighted by Gasteiger charge is -2.17. The fraction of sp³-hybridized carbons (Fsp3) is 0.280. The second-order valence-corrected chi connectivity index (χ2v) is 9.95. The molecule has 7 nitrogen and oxygen atoms in total. The summed E-state index contributed by atoms with van der Waals surface area (Å²) < 4.78 is 33.0. The molecule has 0 radical (unpaired) electrons. The average Bonchev–Trinajstić information content (AvgIpc) is 3.40. The van der Waals surface area contributed by atoms with Crippen LogP contribution in [0.25, 0.3) is 0 Å². The number of carbonyl (C=O) groups excluding carboxylic acids is 1. The minimum atomic E-state index is -3.58. The number of aromatic nitrogens is 1. The summed E-state index contributed by atoms with van der Waals surface area (Å²) in [5.74, 6) is 0.346. The van der Waals surface area contributed by atoms with Crippen LogP contribution >= 0.6 is 0 Å². The third-order valence-electron chi connectivity index (χ3n) is 5.62. The van der Waals surface area contributed by atoms with E-state index < -0.39 is 10.0 Å². The third-order valence-corrected chi connectivity index (χ3v) is 7.51. The van der Waals surface area contributed by atoms with Crippen molar-refractivity contribution in [1.82, 2.24) is 14.6 Å². The first kappa shape index (κ1) is 22.9. The predicted molar refractivity (Wildman–Crippen MR) is 125 cm³/mol. The van der Waals surface area contributed by atoms with E-state index in [9.17, 15) is 13.2 Å². The molecular formula is C25H27N3O4S. The fourth-order valence-corrected chi connectivity index (χ4v) is 5.32. The number of carbonyl (C=O) groups is 1. The highest BCUT2D eigenvalue weighted by Gasteiger charge is 2.27. The van der Waals surface area contributed by atoms with Crippen molar-refractivity contribution < 1.29 is 17.9 Å². The fourth-order valence-electron chi connectivity index (χ4n) is 3.75. The minimum absolute atomic E-state index is 0.148. The second kappa shape index (κ2) is 10.1. The van der Waals surface area contributed by atoms with Crippen molar-refractivity contribution in [3.8, 4) is 5.75 Å². The van der Waals surface area contributed by atoms with Crippen molar-refractivity contribution in [3.63, 3.8) is 0 Å². The molecule has 172 valence electrons. The zero-order valence-corrected chi connectivity index (χ0v) is 19.3. The van der Waals surface area contributed by atoms with Gasteiger partial charge in [0.25, 0.3) is 5.91 Å². The minimum Gasteiger partial charge on any atom is -0.487 e. The van der Waals surface area contributed by atoms with Gasteiger partial charge in [-0.3, -0.25) is 9.78 Å². The van der Waals surface area contributed by atoms with Crippen LogP contribution in [0.2, 0.25) is 0 Å². The van der Waals surface area contributed by atoms with Gasteiger partial charge in [0.05, 0.1) is 16.6 Å². The number of pyridine rings is 1. The number of benzene rings is 2. The summed E-state index contributed by atoms with van der Waals surface area (Å²) in [4.78, 5) is 17.3. The van der Waals surface area contributed by atoms with Crippen LogP contribution < -0.4 is 10.1 Å². The van der Waals surface area contributed by atoms with E-state index in [2.05, 4.69) is 10.3 Å². The molecule has 1 aliphatic rings. The van der Waals surface area contributed by atoms with Crippen LogP contribution in [-0.4, -0.2) is 36.7 Å². The third kappa shape index (κ3) is 5.58. The molecule has 2 aromatic carbocycles. The van der Waals surface area contributed by atoms with Gasteiger partial charge in [-0.25, -0.2) is 8.42 Å². The number of ether oxygens (including phenoxy) is 1. The Labute approximate surface area is 194 Å². The summed E-state index contributed by atoms with van der Waals surface area (Å²) in [5.41, 5.74) is 2.01. The first-order valence-corrected chi connectivity index (χ1v) is 12.4. The molecule has 1 aromatic heterocycles. The van der Waals surface area contributed by atoms with Crippen LogP contribution in [0.5, 0.6) is 5.75 Å². The topological polar surface area (TPSA) is 88.6 Å². The summed E-state index contributed by atoms with van der Waals surface area (Å²) in [5, 5.41) is 2.95.